The Bertz CT molecular complexity index is 1280. The Kier molecular flexibility index (Phi) is 5.98. The summed E-state index contributed by atoms with van der Waals surface area (Å²) in [5, 5.41) is 21.4. The molecule has 150 valence electrons. The zero-order valence-electron chi connectivity index (χ0n) is 15.0. The SMILES string of the molecule is O=c1[nH]c(=S)[nH]c(/N=C/c2ccc([N+](=O)[O-])cc2)c1N=Cc1ccc([N+](=O)[O-])cc1. The van der Waals surface area contributed by atoms with Gasteiger partial charge in [-0.15, -0.1) is 0 Å². The highest BCUT2D eigenvalue weighted by molar-refractivity contribution is 7.71. The minimum atomic E-state index is -0.576. The third kappa shape index (κ3) is 4.94. The van der Waals surface area contributed by atoms with E-state index in [1.54, 1.807) is 0 Å². The highest BCUT2D eigenvalue weighted by atomic mass is 32.1. The Morgan fingerprint density at radius 3 is 1.73 bits per heavy atom. The van der Waals surface area contributed by atoms with E-state index >= 15 is 0 Å². The Hall–Kier alpha value is -4.32. The minimum absolute atomic E-state index is 0.0464. The zero-order chi connectivity index (χ0) is 21.7. The van der Waals surface area contributed by atoms with Crippen LogP contribution in [0.15, 0.2) is 63.3 Å². The van der Waals surface area contributed by atoms with Crippen LogP contribution in [-0.4, -0.2) is 32.2 Å². The molecule has 1 heterocycles. The highest BCUT2D eigenvalue weighted by Gasteiger charge is 2.08. The molecule has 0 atom stereocenters. The largest absolute Gasteiger partial charge is 0.315 e. The number of rotatable bonds is 6. The van der Waals surface area contributed by atoms with Crippen molar-refractivity contribution in [3.05, 3.63) is 95.0 Å². The van der Waals surface area contributed by atoms with E-state index in [1.165, 1.54) is 61.0 Å². The number of non-ortho nitro benzene ring substituents is 2. The fourth-order valence-corrected chi connectivity index (χ4v) is 2.51. The van der Waals surface area contributed by atoms with E-state index in [-0.39, 0.29) is 27.7 Å². The summed E-state index contributed by atoms with van der Waals surface area (Å²) in [6.45, 7) is 0. The first-order valence-electron chi connectivity index (χ1n) is 8.27. The van der Waals surface area contributed by atoms with Gasteiger partial charge in [-0.05, 0) is 47.6 Å². The summed E-state index contributed by atoms with van der Waals surface area (Å²) >= 11 is 4.96. The van der Waals surface area contributed by atoms with Gasteiger partial charge in [0.15, 0.2) is 16.3 Å². The first-order chi connectivity index (χ1) is 14.3. The van der Waals surface area contributed by atoms with E-state index < -0.39 is 15.4 Å². The number of nitrogens with zero attached hydrogens (tertiary/aromatic N) is 4. The van der Waals surface area contributed by atoms with Crippen molar-refractivity contribution >= 4 is 47.5 Å². The molecule has 30 heavy (non-hydrogen) atoms. The van der Waals surface area contributed by atoms with Crippen molar-refractivity contribution in [2.75, 3.05) is 0 Å². The van der Waals surface area contributed by atoms with Crippen LogP contribution in [0.3, 0.4) is 0 Å². The first kappa shape index (κ1) is 20.4. The van der Waals surface area contributed by atoms with Crippen molar-refractivity contribution in [3.8, 4) is 0 Å². The number of hydrogen-bond acceptors (Lipinski definition) is 8. The molecule has 0 amide bonds. The van der Waals surface area contributed by atoms with Crippen LogP contribution >= 0.6 is 12.2 Å². The Morgan fingerprint density at radius 2 is 1.27 bits per heavy atom. The van der Waals surface area contributed by atoms with Crippen molar-refractivity contribution in [3.63, 3.8) is 0 Å². The van der Waals surface area contributed by atoms with Crippen molar-refractivity contribution < 1.29 is 9.85 Å². The van der Waals surface area contributed by atoms with Gasteiger partial charge >= 0.3 is 0 Å². The quantitative estimate of drug-likeness (QED) is 0.265. The molecule has 12 heteroatoms. The van der Waals surface area contributed by atoms with Crippen molar-refractivity contribution in [2.45, 2.75) is 0 Å². The van der Waals surface area contributed by atoms with Crippen LogP contribution in [0.4, 0.5) is 22.9 Å². The molecule has 0 aliphatic rings. The van der Waals surface area contributed by atoms with E-state index in [0.717, 1.165) is 0 Å². The van der Waals surface area contributed by atoms with Gasteiger partial charge < -0.3 is 4.98 Å². The third-order valence-electron chi connectivity index (χ3n) is 3.79. The van der Waals surface area contributed by atoms with E-state index in [4.69, 9.17) is 12.2 Å². The van der Waals surface area contributed by atoms with Gasteiger partial charge in [0.1, 0.15) is 0 Å². The molecule has 3 rings (SSSR count). The zero-order valence-corrected chi connectivity index (χ0v) is 15.8. The number of aromatic nitrogens is 2. The lowest BCUT2D eigenvalue weighted by Crippen LogP contribution is -2.07. The first-order valence-corrected chi connectivity index (χ1v) is 8.68. The van der Waals surface area contributed by atoms with E-state index in [9.17, 15) is 25.0 Å². The third-order valence-corrected chi connectivity index (χ3v) is 4.00. The average molecular weight is 424 g/mol. The molecule has 11 nitrogen and oxygen atoms in total. The fourth-order valence-electron chi connectivity index (χ4n) is 2.32. The van der Waals surface area contributed by atoms with Crippen LogP contribution in [0, 0.1) is 25.0 Å². The molecule has 0 fully saturated rings. The second-order valence-electron chi connectivity index (χ2n) is 5.82. The maximum Gasteiger partial charge on any atom is 0.279 e. The lowest BCUT2D eigenvalue weighted by atomic mass is 10.2. The van der Waals surface area contributed by atoms with Crippen LogP contribution in [0.2, 0.25) is 0 Å². The van der Waals surface area contributed by atoms with Gasteiger partial charge in [0.25, 0.3) is 16.9 Å². The van der Waals surface area contributed by atoms with Crippen molar-refractivity contribution in [2.24, 2.45) is 9.98 Å². The highest BCUT2D eigenvalue weighted by Crippen LogP contribution is 2.21. The van der Waals surface area contributed by atoms with Gasteiger partial charge in [0.2, 0.25) is 0 Å². The lowest BCUT2D eigenvalue weighted by Gasteiger charge is -2.00. The molecule has 1 aromatic heterocycles. The van der Waals surface area contributed by atoms with E-state index in [1.807, 2.05) is 0 Å². The molecular weight excluding hydrogens is 412 g/mol. The second kappa shape index (κ2) is 8.79. The Labute approximate surface area is 172 Å². The molecule has 0 spiro atoms. The van der Waals surface area contributed by atoms with Crippen LogP contribution in [-0.2, 0) is 0 Å². The Morgan fingerprint density at radius 1 is 0.800 bits per heavy atom. The van der Waals surface area contributed by atoms with Crippen LogP contribution < -0.4 is 5.56 Å². The van der Waals surface area contributed by atoms with Gasteiger partial charge in [0, 0.05) is 36.7 Å². The standard InChI is InChI=1S/C18H12N6O5S/c25-17-15(19-9-11-1-5-13(6-2-11)23(26)27)16(21-18(30)22-17)20-10-12-3-7-14(8-4-12)24(28)29/h1-10H,(H2,21,22,25,30)/b19-9?,20-10+. The molecule has 0 bridgehead atoms. The summed E-state index contributed by atoms with van der Waals surface area (Å²) < 4.78 is 0.0464. The average Bonchev–Trinajstić information content (AvgIpc) is 2.72. The van der Waals surface area contributed by atoms with Gasteiger partial charge in [-0.2, -0.15) is 0 Å². The summed E-state index contributed by atoms with van der Waals surface area (Å²) in [6.07, 6.45) is 2.75. The topological polar surface area (TPSA) is 160 Å². The Balaban J connectivity index is 1.92. The summed E-state index contributed by atoms with van der Waals surface area (Å²) in [4.78, 5) is 46.1. The maximum atomic E-state index is 12.3. The van der Waals surface area contributed by atoms with Gasteiger partial charge in [-0.3, -0.25) is 30.0 Å². The molecule has 2 N–H and O–H groups in total. The molecule has 0 saturated heterocycles. The monoisotopic (exact) mass is 424 g/mol. The van der Waals surface area contributed by atoms with Crippen LogP contribution in [0.5, 0.6) is 0 Å². The van der Waals surface area contributed by atoms with Crippen molar-refractivity contribution in [1.29, 1.82) is 0 Å². The summed E-state index contributed by atoms with van der Waals surface area (Å²) in [7, 11) is 0. The normalized spacial score (nSPS) is 11.2. The van der Waals surface area contributed by atoms with Gasteiger partial charge in [-0.25, -0.2) is 9.98 Å². The molecular formula is C18H12N6O5S. The van der Waals surface area contributed by atoms with Gasteiger partial charge in [0.05, 0.1) is 9.85 Å². The number of nitro benzene ring substituents is 2. The molecule has 2 aromatic carbocycles. The number of hydrogen-bond donors (Lipinski definition) is 2. The van der Waals surface area contributed by atoms with Crippen LogP contribution in [0.1, 0.15) is 11.1 Å². The minimum Gasteiger partial charge on any atom is -0.315 e. The number of aromatic amines is 2. The molecule has 3 aromatic rings. The lowest BCUT2D eigenvalue weighted by molar-refractivity contribution is -0.385. The number of benzene rings is 2. The summed E-state index contributed by atoms with van der Waals surface area (Å²) in [6, 6.07) is 11.3. The molecule has 0 radical (unpaired) electrons. The number of nitrogens with one attached hydrogen (secondary N) is 2. The van der Waals surface area contributed by atoms with E-state index in [0.29, 0.717) is 11.1 Å². The molecule has 0 aliphatic heterocycles. The fraction of sp³-hybridized carbons (Fsp3) is 0. The molecule has 0 aliphatic carbocycles. The predicted octanol–water partition coefficient (Wildman–Crippen LogP) is 3.75. The van der Waals surface area contributed by atoms with Crippen LogP contribution in [0.25, 0.3) is 0 Å². The number of nitro groups is 2. The molecule has 0 saturated carbocycles. The smallest absolute Gasteiger partial charge is 0.279 e. The summed E-state index contributed by atoms with van der Waals surface area (Å²) in [5.41, 5.74) is 0.337. The second-order valence-corrected chi connectivity index (χ2v) is 6.23. The summed E-state index contributed by atoms with van der Waals surface area (Å²) in [5.74, 6) is 0.0836. The maximum absolute atomic E-state index is 12.3. The van der Waals surface area contributed by atoms with Crippen molar-refractivity contribution in [1.82, 2.24) is 9.97 Å². The van der Waals surface area contributed by atoms with Gasteiger partial charge in [-0.1, -0.05) is 0 Å². The molecule has 0 unspecified atom stereocenters. The predicted molar refractivity (Wildman–Crippen MR) is 113 cm³/mol. The van der Waals surface area contributed by atoms with E-state index in [2.05, 4.69) is 20.0 Å². The number of H-pyrrole nitrogens is 2. The number of aliphatic imine (C=N–C) groups is 2.